The first-order valence-corrected chi connectivity index (χ1v) is 8.88. The van der Waals surface area contributed by atoms with E-state index in [0.29, 0.717) is 19.0 Å². The van der Waals surface area contributed by atoms with Crippen LogP contribution >= 0.6 is 0 Å². The van der Waals surface area contributed by atoms with E-state index in [9.17, 15) is 13.2 Å². The van der Waals surface area contributed by atoms with E-state index in [1.165, 1.54) is 23.5 Å². The summed E-state index contributed by atoms with van der Waals surface area (Å²) < 4.78 is 37.6. The van der Waals surface area contributed by atoms with E-state index < -0.39 is 15.9 Å². The molecule has 8 heteroatoms. The third-order valence-corrected chi connectivity index (χ3v) is 5.80. The molecule has 1 amide bonds. The Kier molecular flexibility index (Phi) is 5.48. The van der Waals surface area contributed by atoms with Crippen molar-refractivity contribution in [3.63, 3.8) is 0 Å². The maximum absolute atomic E-state index is 12.9. The largest absolute Gasteiger partial charge is 0.495 e. The summed E-state index contributed by atoms with van der Waals surface area (Å²) in [6, 6.07) is 4.42. The molecule has 0 bridgehead atoms. The molecule has 7 nitrogen and oxygen atoms in total. The van der Waals surface area contributed by atoms with Crippen LogP contribution in [0.3, 0.4) is 0 Å². The van der Waals surface area contributed by atoms with Gasteiger partial charge in [0.1, 0.15) is 16.4 Å². The normalized spacial score (nSPS) is 17.0. The van der Waals surface area contributed by atoms with Gasteiger partial charge < -0.3 is 15.2 Å². The van der Waals surface area contributed by atoms with Crippen LogP contribution in [0.5, 0.6) is 11.5 Å². The molecule has 1 aliphatic rings. The molecule has 2 N–H and O–H groups in total. The number of carbonyl (C=O) groups excluding carboxylic acids is 1. The number of hydrogen-bond acceptors (Lipinski definition) is 5. The topological polar surface area (TPSA) is 98.9 Å². The van der Waals surface area contributed by atoms with Gasteiger partial charge in [-0.2, -0.15) is 4.31 Å². The second kappa shape index (κ2) is 7.18. The fraction of sp³-hybridized carbons (Fsp3) is 0.533. The molecule has 1 saturated heterocycles. The summed E-state index contributed by atoms with van der Waals surface area (Å²) >= 11 is 0. The summed E-state index contributed by atoms with van der Waals surface area (Å²) in [5, 5.41) is 0. The number of methoxy groups -OCH3 is 1. The standard InChI is InChI=1S/C15H22N2O5S/c1-11-5-7-17(8-6-11)23(19,20)14-9-12(22-10-15(16)18)3-4-13(14)21-2/h3-4,9,11H,5-8,10H2,1-2H3,(H2,16,18). The quantitative estimate of drug-likeness (QED) is 0.831. The Morgan fingerprint density at radius 3 is 2.57 bits per heavy atom. The van der Waals surface area contributed by atoms with Crippen LogP contribution in [0, 0.1) is 5.92 Å². The second-order valence-electron chi connectivity index (χ2n) is 5.65. The van der Waals surface area contributed by atoms with Gasteiger partial charge in [0.05, 0.1) is 7.11 Å². The van der Waals surface area contributed by atoms with Crippen molar-refractivity contribution in [3.05, 3.63) is 18.2 Å². The highest BCUT2D eigenvalue weighted by atomic mass is 32.2. The number of primary amides is 1. The minimum absolute atomic E-state index is 0.0384. The number of carbonyl (C=O) groups is 1. The number of piperidine rings is 1. The van der Waals surface area contributed by atoms with E-state index >= 15 is 0 Å². The maximum atomic E-state index is 12.9. The van der Waals surface area contributed by atoms with Gasteiger partial charge in [0.2, 0.25) is 10.0 Å². The first-order valence-electron chi connectivity index (χ1n) is 7.44. The van der Waals surface area contributed by atoms with E-state index in [1.807, 2.05) is 0 Å². The highest BCUT2D eigenvalue weighted by Gasteiger charge is 2.30. The third kappa shape index (κ3) is 4.14. The fourth-order valence-corrected chi connectivity index (χ4v) is 4.11. The molecule has 0 spiro atoms. The molecule has 1 heterocycles. The van der Waals surface area contributed by atoms with Crippen LogP contribution in [-0.2, 0) is 14.8 Å². The second-order valence-corrected chi connectivity index (χ2v) is 7.56. The molecule has 1 fully saturated rings. The number of sulfonamides is 1. The maximum Gasteiger partial charge on any atom is 0.255 e. The minimum Gasteiger partial charge on any atom is -0.495 e. The van der Waals surface area contributed by atoms with Gasteiger partial charge in [-0.05, 0) is 30.9 Å². The lowest BCUT2D eigenvalue weighted by Crippen LogP contribution is -2.38. The molecule has 23 heavy (non-hydrogen) atoms. The Hall–Kier alpha value is -1.80. The molecular formula is C15H22N2O5S. The first kappa shape index (κ1) is 17.6. The van der Waals surface area contributed by atoms with Gasteiger partial charge in [0.25, 0.3) is 5.91 Å². The van der Waals surface area contributed by atoms with Crippen molar-refractivity contribution in [1.82, 2.24) is 4.31 Å². The average molecular weight is 342 g/mol. The summed E-state index contributed by atoms with van der Waals surface area (Å²) in [4.78, 5) is 10.8. The molecule has 0 aliphatic carbocycles. The molecule has 0 saturated carbocycles. The van der Waals surface area contributed by atoms with Crippen LogP contribution in [0.25, 0.3) is 0 Å². The summed E-state index contributed by atoms with van der Waals surface area (Å²) in [6.45, 7) is 2.77. The van der Waals surface area contributed by atoms with Crippen molar-refractivity contribution in [2.24, 2.45) is 11.7 Å². The van der Waals surface area contributed by atoms with Crippen LogP contribution < -0.4 is 15.2 Å². The molecule has 1 aliphatic heterocycles. The Morgan fingerprint density at radius 2 is 2.00 bits per heavy atom. The van der Waals surface area contributed by atoms with Crippen molar-refractivity contribution in [2.75, 3.05) is 26.8 Å². The van der Waals surface area contributed by atoms with E-state index in [2.05, 4.69) is 6.92 Å². The van der Waals surface area contributed by atoms with Crippen molar-refractivity contribution >= 4 is 15.9 Å². The third-order valence-electron chi connectivity index (χ3n) is 3.88. The van der Waals surface area contributed by atoms with Gasteiger partial charge in [-0.25, -0.2) is 8.42 Å². The Labute approximate surface area is 136 Å². The molecule has 0 radical (unpaired) electrons. The summed E-state index contributed by atoms with van der Waals surface area (Å²) in [6.07, 6.45) is 1.67. The zero-order valence-corrected chi connectivity index (χ0v) is 14.1. The summed E-state index contributed by atoms with van der Waals surface area (Å²) in [7, 11) is -2.26. The van der Waals surface area contributed by atoms with Crippen LogP contribution in [0.1, 0.15) is 19.8 Å². The zero-order chi connectivity index (χ0) is 17.0. The van der Waals surface area contributed by atoms with Crippen molar-refractivity contribution in [2.45, 2.75) is 24.7 Å². The zero-order valence-electron chi connectivity index (χ0n) is 13.3. The van der Waals surface area contributed by atoms with E-state index in [4.69, 9.17) is 15.2 Å². The summed E-state index contributed by atoms with van der Waals surface area (Å²) in [5.41, 5.74) is 5.04. The number of nitrogens with two attached hydrogens (primary N) is 1. The van der Waals surface area contributed by atoms with Gasteiger partial charge >= 0.3 is 0 Å². The van der Waals surface area contributed by atoms with Crippen LogP contribution in [-0.4, -0.2) is 45.4 Å². The number of amides is 1. The molecule has 0 aromatic heterocycles. The van der Waals surface area contributed by atoms with Crippen molar-refractivity contribution < 1.29 is 22.7 Å². The molecule has 1 aromatic carbocycles. The predicted octanol–water partition coefficient (Wildman–Crippen LogP) is 0.980. The lowest BCUT2D eigenvalue weighted by Gasteiger charge is -2.29. The minimum atomic E-state index is -3.68. The lowest BCUT2D eigenvalue weighted by atomic mass is 10.0. The van der Waals surface area contributed by atoms with Crippen molar-refractivity contribution in [3.8, 4) is 11.5 Å². The van der Waals surface area contributed by atoms with Crippen molar-refractivity contribution in [1.29, 1.82) is 0 Å². The number of rotatable bonds is 6. The molecule has 0 atom stereocenters. The molecular weight excluding hydrogens is 320 g/mol. The van der Waals surface area contributed by atoms with E-state index in [1.54, 1.807) is 6.07 Å². The van der Waals surface area contributed by atoms with Gasteiger partial charge in [-0.3, -0.25) is 4.79 Å². The van der Waals surface area contributed by atoms with Crippen LogP contribution in [0.4, 0.5) is 0 Å². The van der Waals surface area contributed by atoms with Crippen LogP contribution in [0.15, 0.2) is 23.1 Å². The van der Waals surface area contributed by atoms with Gasteiger partial charge in [0, 0.05) is 19.2 Å². The lowest BCUT2D eigenvalue weighted by molar-refractivity contribution is -0.119. The molecule has 0 unspecified atom stereocenters. The van der Waals surface area contributed by atoms with E-state index in [0.717, 1.165) is 12.8 Å². The Bertz CT molecular complexity index is 666. The first-order chi connectivity index (χ1) is 10.8. The number of nitrogens with zero attached hydrogens (tertiary/aromatic N) is 1. The highest BCUT2D eigenvalue weighted by Crippen LogP contribution is 2.32. The molecule has 128 valence electrons. The Morgan fingerprint density at radius 1 is 1.35 bits per heavy atom. The Balaban J connectivity index is 2.31. The molecule has 2 rings (SSSR count). The highest BCUT2D eigenvalue weighted by molar-refractivity contribution is 7.89. The monoisotopic (exact) mass is 342 g/mol. The number of ether oxygens (including phenoxy) is 2. The fourth-order valence-electron chi connectivity index (χ4n) is 2.47. The smallest absolute Gasteiger partial charge is 0.255 e. The molecule has 1 aromatic rings. The summed E-state index contributed by atoms with van der Waals surface area (Å²) in [5.74, 6) is 0.396. The SMILES string of the molecule is COc1ccc(OCC(N)=O)cc1S(=O)(=O)N1CCC(C)CC1. The van der Waals surface area contributed by atoms with Crippen LogP contribution in [0.2, 0.25) is 0 Å². The van der Waals surface area contributed by atoms with Gasteiger partial charge in [-0.1, -0.05) is 6.92 Å². The van der Waals surface area contributed by atoms with E-state index in [-0.39, 0.29) is 23.0 Å². The van der Waals surface area contributed by atoms with Gasteiger partial charge in [-0.15, -0.1) is 0 Å². The number of hydrogen-bond donors (Lipinski definition) is 1. The predicted molar refractivity (Wildman–Crippen MR) is 84.8 cm³/mol. The average Bonchev–Trinajstić information content (AvgIpc) is 2.53. The van der Waals surface area contributed by atoms with Gasteiger partial charge in [0.15, 0.2) is 6.61 Å². The number of benzene rings is 1.